The van der Waals surface area contributed by atoms with Gasteiger partial charge in [-0.2, -0.15) is 0 Å². The molecule has 0 fully saturated rings. The highest BCUT2D eigenvalue weighted by Crippen LogP contribution is 2.48. The molecule has 0 saturated carbocycles. The topological polar surface area (TPSA) is 6.48 Å². The molecule has 59 heavy (non-hydrogen) atoms. The van der Waals surface area contributed by atoms with Crippen LogP contribution in [0.4, 0.5) is 34.1 Å². The molecule has 1 aromatic heterocycles. The maximum Gasteiger partial charge on any atom is 0.0462 e. The fourth-order valence-electron chi connectivity index (χ4n) is 8.76. The van der Waals surface area contributed by atoms with Crippen molar-refractivity contribution < 1.29 is 0 Å². The fraction of sp³-hybridized carbons (Fsp3) is 0. The quantitative estimate of drug-likeness (QED) is 0.152. The van der Waals surface area contributed by atoms with E-state index < -0.39 is 0 Å². The van der Waals surface area contributed by atoms with Gasteiger partial charge in [0.05, 0.1) is 0 Å². The minimum Gasteiger partial charge on any atom is -0.311 e. The Kier molecular flexibility index (Phi) is 8.72. The molecule has 0 N–H and O–H groups in total. The monoisotopic (exact) mass is 770 g/mol. The third kappa shape index (κ3) is 6.20. The van der Waals surface area contributed by atoms with Gasteiger partial charge in [0.25, 0.3) is 0 Å². The molecule has 1 heterocycles. The number of rotatable bonds is 8. The molecule has 2 nitrogen and oxygen atoms in total. The van der Waals surface area contributed by atoms with Crippen LogP contribution in [0.15, 0.2) is 231 Å². The first kappa shape index (κ1) is 34.8. The standard InChI is InChI=1S/C56H38N2S/c1-5-17-41(18-6-1)57(42-19-7-2-8-20-42)45-33-29-39(30-34-45)51-37-53-55(49-27-15-13-25-47(49)51)56-50-28-16-14-26-48(50)52(38-54(56)59-53)40-31-35-46(36-32-40)58(43-21-9-3-10-22-43)44-23-11-4-12-24-44/h1-38H. The normalized spacial score (nSPS) is 11.4. The third-order valence-corrected chi connectivity index (χ3v) is 12.5. The highest BCUT2D eigenvalue weighted by atomic mass is 32.1. The van der Waals surface area contributed by atoms with Crippen molar-refractivity contribution in [2.75, 3.05) is 9.80 Å². The van der Waals surface area contributed by atoms with Crippen molar-refractivity contribution in [3.05, 3.63) is 231 Å². The molecule has 0 unspecified atom stereocenters. The Labute approximate surface area is 348 Å². The second-order valence-electron chi connectivity index (χ2n) is 14.9. The van der Waals surface area contributed by atoms with Crippen LogP contribution in [0.3, 0.4) is 0 Å². The van der Waals surface area contributed by atoms with Gasteiger partial charge in [-0.25, -0.2) is 0 Å². The molecular formula is C56H38N2S. The van der Waals surface area contributed by atoms with Gasteiger partial charge >= 0.3 is 0 Å². The molecule has 0 bridgehead atoms. The largest absolute Gasteiger partial charge is 0.311 e. The second kappa shape index (κ2) is 14.8. The maximum absolute atomic E-state index is 2.43. The molecule has 11 aromatic rings. The third-order valence-electron chi connectivity index (χ3n) is 11.4. The van der Waals surface area contributed by atoms with Crippen LogP contribution in [-0.4, -0.2) is 0 Å². The lowest BCUT2D eigenvalue weighted by Gasteiger charge is -2.25. The summed E-state index contributed by atoms with van der Waals surface area (Å²) in [5.41, 5.74) is 11.7. The Morgan fingerprint density at radius 3 is 0.847 bits per heavy atom. The molecule has 0 saturated heterocycles. The van der Waals surface area contributed by atoms with E-state index in [0.29, 0.717) is 0 Å². The lowest BCUT2D eigenvalue weighted by atomic mass is 9.91. The molecular weight excluding hydrogens is 733 g/mol. The fourth-order valence-corrected chi connectivity index (χ4v) is 9.97. The summed E-state index contributed by atoms with van der Waals surface area (Å²) in [4.78, 5) is 4.63. The molecule has 0 amide bonds. The van der Waals surface area contributed by atoms with Crippen molar-refractivity contribution in [2.45, 2.75) is 0 Å². The summed E-state index contributed by atoms with van der Waals surface area (Å²) < 4.78 is 2.60. The molecule has 0 atom stereocenters. The zero-order valence-corrected chi connectivity index (χ0v) is 33.1. The predicted octanol–water partition coefficient (Wildman–Crippen LogP) is 16.6. The summed E-state index contributed by atoms with van der Waals surface area (Å²) in [6.45, 7) is 0. The van der Waals surface area contributed by atoms with Crippen LogP contribution in [0.2, 0.25) is 0 Å². The van der Waals surface area contributed by atoms with E-state index in [2.05, 4.69) is 240 Å². The van der Waals surface area contributed by atoms with E-state index in [0.717, 1.165) is 34.1 Å². The molecule has 0 aliphatic carbocycles. The smallest absolute Gasteiger partial charge is 0.0462 e. The zero-order chi connectivity index (χ0) is 39.1. The van der Waals surface area contributed by atoms with Crippen LogP contribution < -0.4 is 9.80 Å². The van der Waals surface area contributed by atoms with Crippen molar-refractivity contribution in [1.82, 2.24) is 0 Å². The highest BCUT2D eigenvalue weighted by Gasteiger charge is 2.19. The van der Waals surface area contributed by atoms with Gasteiger partial charge in [0, 0.05) is 54.3 Å². The Bertz CT molecular complexity index is 2930. The molecule has 11 rings (SSSR count). The first-order valence-electron chi connectivity index (χ1n) is 20.1. The number of hydrogen-bond donors (Lipinski definition) is 0. The lowest BCUT2D eigenvalue weighted by molar-refractivity contribution is 1.28. The molecule has 0 aliphatic heterocycles. The maximum atomic E-state index is 2.43. The van der Waals surface area contributed by atoms with Crippen molar-refractivity contribution in [2.24, 2.45) is 0 Å². The van der Waals surface area contributed by atoms with E-state index in [9.17, 15) is 0 Å². The van der Waals surface area contributed by atoms with E-state index in [1.807, 2.05) is 11.3 Å². The summed E-state index contributed by atoms with van der Waals surface area (Å²) in [5.74, 6) is 0. The molecule has 10 aromatic carbocycles. The Hall–Kier alpha value is -7.46. The molecule has 0 radical (unpaired) electrons. The van der Waals surface area contributed by atoms with Gasteiger partial charge in [-0.1, -0.05) is 146 Å². The summed E-state index contributed by atoms with van der Waals surface area (Å²) in [6, 6.07) is 83.3. The molecule has 0 aliphatic rings. The number of para-hydroxylation sites is 4. The Morgan fingerprint density at radius 1 is 0.254 bits per heavy atom. The van der Waals surface area contributed by atoms with Crippen LogP contribution in [0.25, 0.3) is 64.0 Å². The number of nitrogens with zero attached hydrogens (tertiary/aromatic N) is 2. The van der Waals surface area contributed by atoms with Gasteiger partial charge in [-0.05, 0) is 129 Å². The Balaban J connectivity index is 1.03. The van der Waals surface area contributed by atoms with E-state index in [4.69, 9.17) is 0 Å². The van der Waals surface area contributed by atoms with Crippen LogP contribution in [-0.2, 0) is 0 Å². The molecule has 3 heteroatoms. The number of fused-ring (bicyclic) bond motifs is 7. The van der Waals surface area contributed by atoms with Gasteiger partial charge in [0.1, 0.15) is 0 Å². The number of thiophene rings is 1. The molecule has 0 spiro atoms. The highest BCUT2D eigenvalue weighted by molar-refractivity contribution is 7.26. The van der Waals surface area contributed by atoms with Crippen molar-refractivity contribution >= 4 is 87.2 Å². The van der Waals surface area contributed by atoms with Crippen LogP contribution in [0.1, 0.15) is 0 Å². The number of hydrogen-bond acceptors (Lipinski definition) is 3. The molecule has 278 valence electrons. The van der Waals surface area contributed by atoms with Gasteiger partial charge in [0.15, 0.2) is 0 Å². The summed E-state index contributed by atoms with van der Waals surface area (Å²) in [6.07, 6.45) is 0. The lowest BCUT2D eigenvalue weighted by Crippen LogP contribution is -2.09. The predicted molar refractivity (Wildman–Crippen MR) is 255 cm³/mol. The summed E-state index contributed by atoms with van der Waals surface area (Å²) >= 11 is 1.90. The van der Waals surface area contributed by atoms with Gasteiger partial charge in [-0.3, -0.25) is 0 Å². The second-order valence-corrected chi connectivity index (χ2v) is 16.0. The minimum absolute atomic E-state index is 1.12. The first-order valence-corrected chi connectivity index (χ1v) is 20.9. The average molecular weight is 771 g/mol. The average Bonchev–Trinajstić information content (AvgIpc) is 3.70. The number of anilines is 6. The van der Waals surface area contributed by atoms with Crippen LogP contribution in [0, 0.1) is 0 Å². The van der Waals surface area contributed by atoms with Crippen molar-refractivity contribution in [3.8, 4) is 22.3 Å². The van der Waals surface area contributed by atoms with Gasteiger partial charge < -0.3 is 9.80 Å². The summed E-state index contributed by atoms with van der Waals surface area (Å²) in [5, 5.41) is 7.77. The van der Waals surface area contributed by atoms with E-state index in [1.165, 1.54) is 64.0 Å². The van der Waals surface area contributed by atoms with E-state index >= 15 is 0 Å². The van der Waals surface area contributed by atoms with Crippen molar-refractivity contribution in [1.29, 1.82) is 0 Å². The van der Waals surface area contributed by atoms with E-state index in [1.54, 1.807) is 0 Å². The van der Waals surface area contributed by atoms with Crippen LogP contribution in [0.5, 0.6) is 0 Å². The SMILES string of the molecule is c1ccc(N(c2ccccc2)c2ccc(-c3cc4sc5cc(-c6ccc(N(c7ccccc7)c7ccccc7)cc6)c6ccccc6c5c4c4ccccc34)cc2)cc1. The first-order chi connectivity index (χ1) is 29.3. The Morgan fingerprint density at radius 2 is 0.525 bits per heavy atom. The summed E-state index contributed by atoms with van der Waals surface area (Å²) in [7, 11) is 0. The van der Waals surface area contributed by atoms with Gasteiger partial charge in [-0.15, -0.1) is 11.3 Å². The number of benzene rings is 10. The zero-order valence-electron chi connectivity index (χ0n) is 32.2. The van der Waals surface area contributed by atoms with Gasteiger partial charge in [0.2, 0.25) is 0 Å². The van der Waals surface area contributed by atoms with Crippen LogP contribution >= 0.6 is 11.3 Å². The van der Waals surface area contributed by atoms with E-state index in [-0.39, 0.29) is 0 Å². The van der Waals surface area contributed by atoms with Crippen molar-refractivity contribution in [3.63, 3.8) is 0 Å². The minimum atomic E-state index is 1.12.